The minimum atomic E-state index is 0.784. The van der Waals surface area contributed by atoms with Crippen molar-refractivity contribution < 1.29 is 0 Å². The van der Waals surface area contributed by atoms with Crippen molar-refractivity contribution in [3.8, 4) is 0 Å². The van der Waals surface area contributed by atoms with Gasteiger partial charge in [0.25, 0.3) is 0 Å². The Labute approximate surface area is 95.3 Å². The number of aromatic nitrogens is 3. The molecule has 0 bridgehead atoms. The van der Waals surface area contributed by atoms with Gasteiger partial charge in [-0.25, -0.2) is 0 Å². The maximum atomic E-state index is 4.23. The number of nitrogens with one attached hydrogen (secondary N) is 1. The van der Waals surface area contributed by atoms with Gasteiger partial charge in [0, 0.05) is 31.0 Å². The summed E-state index contributed by atoms with van der Waals surface area (Å²) in [6.07, 6.45) is 5.75. The second-order valence-electron chi connectivity index (χ2n) is 3.69. The molecule has 0 spiro atoms. The lowest BCUT2D eigenvalue weighted by Crippen LogP contribution is -2.01. The van der Waals surface area contributed by atoms with E-state index in [0.717, 1.165) is 24.5 Å². The molecule has 2 aromatic heterocycles. The van der Waals surface area contributed by atoms with Gasteiger partial charge in [0.15, 0.2) is 0 Å². The first-order valence-corrected chi connectivity index (χ1v) is 5.46. The van der Waals surface area contributed by atoms with Crippen LogP contribution in [-0.2, 0) is 13.1 Å². The van der Waals surface area contributed by atoms with Crippen molar-refractivity contribution in [2.24, 2.45) is 0 Å². The van der Waals surface area contributed by atoms with Gasteiger partial charge in [0.2, 0.25) is 0 Å². The summed E-state index contributed by atoms with van der Waals surface area (Å²) in [6, 6.07) is 3.97. The van der Waals surface area contributed by atoms with Crippen LogP contribution in [0.3, 0.4) is 0 Å². The van der Waals surface area contributed by atoms with E-state index in [1.54, 1.807) is 6.20 Å². The molecule has 0 radical (unpaired) electrons. The summed E-state index contributed by atoms with van der Waals surface area (Å²) in [4.78, 5) is 4.23. The lowest BCUT2D eigenvalue weighted by Gasteiger charge is -2.06. The summed E-state index contributed by atoms with van der Waals surface area (Å²) < 4.78 is 1.92. The van der Waals surface area contributed by atoms with Gasteiger partial charge < -0.3 is 5.32 Å². The normalized spacial score (nSPS) is 10.4. The fourth-order valence-electron chi connectivity index (χ4n) is 1.54. The van der Waals surface area contributed by atoms with Crippen LogP contribution in [0.15, 0.2) is 30.7 Å². The van der Waals surface area contributed by atoms with E-state index in [4.69, 9.17) is 0 Å². The monoisotopic (exact) mass is 216 g/mol. The van der Waals surface area contributed by atoms with Crippen LogP contribution in [0.5, 0.6) is 0 Å². The molecule has 2 rings (SSSR count). The van der Waals surface area contributed by atoms with Crippen molar-refractivity contribution in [3.05, 3.63) is 42.0 Å². The van der Waals surface area contributed by atoms with E-state index in [2.05, 4.69) is 28.5 Å². The highest BCUT2D eigenvalue weighted by Crippen LogP contribution is 2.11. The molecule has 0 fully saturated rings. The van der Waals surface area contributed by atoms with E-state index in [9.17, 15) is 0 Å². The van der Waals surface area contributed by atoms with Crippen LogP contribution in [0.25, 0.3) is 0 Å². The minimum absolute atomic E-state index is 0.784. The van der Waals surface area contributed by atoms with Gasteiger partial charge in [-0.05, 0) is 26.0 Å². The Balaban J connectivity index is 1.99. The van der Waals surface area contributed by atoms with Crippen LogP contribution >= 0.6 is 0 Å². The fraction of sp³-hybridized carbons (Fsp3) is 0.333. The smallest absolute Gasteiger partial charge is 0.0603 e. The number of aryl methyl sites for hydroxylation is 2. The van der Waals surface area contributed by atoms with E-state index in [-0.39, 0.29) is 0 Å². The first-order chi connectivity index (χ1) is 7.79. The molecular weight excluding hydrogens is 200 g/mol. The quantitative estimate of drug-likeness (QED) is 0.852. The van der Waals surface area contributed by atoms with Gasteiger partial charge in [-0.1, -0.05) is 0 Å². The first-order valence-electron chi connectivity index (χ1n) is 5.46. The van der Waals surface area contributed by atoms with Gasteiger partial charge in [0.1, 0.15) is 0 Å². The van der Waals surface area contributed by atoms with Crippen LogP contribution < -0.4 is 5.32 Å². The van der Waals surface area contributed by atoms with Crippen molar-refractivity contribution in [3.63, 3.8) is 0 Å². The van der Waals surface area contributed by atoms with Crippen molar-refractivity contribution >= 4 is 5.69 Å². The number of pyridine rings is 1. The van der Waals surface area contributed by atoms with Crippen molar-refractivity contribution in [2.45, 2.75) is 26.9 Å². The molecule has 2 aromatic rings. The molecule has 1 N–H and O–H groups in total. The summed E-state index contributed by atoms with van der Waals surface area (Å²) in [5.41, 5.74) is 3.28. The average molecular weight is 216 g/mol. The standard InChI is InChI=1S/C12H16N4/c1-3-16-9-11(8-15-16)7-14-12-5-4-6-13-10(12)2/h4-6,8-9,14H,3,7H2,1-2H3. The van der Waals surface area contributed by atoms with E-state index >= 15 is 0 Å². The Morgan fingerprint density at radius 2 is 2.31 bits per heavy atom. The fourth-order valence-corrected chi connectivity index (χ4v) is 1.54. The van der Waals surface area contributed by atoms with Gasteiger partial charge in [-0.2, -0.15) is 5.10 Å². The van der Waals surface area contributed by atoms with E-state index in [0.29, 0.717) is 0 Å². The summed E-state index contributed by atoms with van der Waals surface area (Å²) in [6.45, 7) is 5.77. The Hall–Kier alpha value is -1.84. The maximum Gasteiger partial charge on any atom is 0.0603 e. The van der Waals surface area contributed by atoms with E-state index in [1.165, 1.54) is 5.56 Å². The van der Waals surface area contributed by atoms with Crippen molar-refractivity contribution in [1.82, 2.24) is 14.8 Å². The summed E-state index contributed by atoms with van der Waals surface area (Å²) >= 11 is 0. The molecule has 0 aliphatic rings. The summed E-state index contributed by atoms with van der Waals surface area (Å²) in [5, 5.41) is 7.58. The Morgan fingerprint density at radius 1 is 1.44 bits per heavy atom. The van der Waals surface area contributed by atoms with Crippen LogP contribution in [0.1, 0.15) is 18.2 Å². The molecule has 4 heteroatoms. The van der Waals surface area contributed by atoms with Gasteiger partial charge in [-0.3, -0.25) is 9.67 Å². The topological polar surface area (TPSA) is 42.7 Å². The van der Waals surface area contributed by atoms with E-state index < -0.39 is 0 Å². The molecule has 0 atom stereocenters. The van der Waals surface area contributed by atoms with Crippen LogP contribution in [0, 0.1) is 6.92 Å². The molecule has 0 unspecified atom stereocenters. The van der Waals surface area contributed by atoms with Crippen LogP contribution in [-0.4, -0.2) is 14.8 Å². The lowest BCUT2D eigenvalue weighted by molar-refractivity contribution is 0.659. The molecule has 0 saturated carbocycles. The second kappa shape index (κ2) is 4.79. The highest BCUT2D eigenvalue weighted by Gasteiger charge is 1.99. The highest BCUT2D eigenvalue weighted by atomic mass is 15.3. The zero-order chi connectivity index (χ0) is 11.4. The van der Waals surface area contributed by atoms with Crippen LogP contribution in [0.2, 0.25) is 0 Å². The number of hydrogen-bond donors (Lipinski definition) is 1. The molecule has 0 aliphatic carbocycles. The Morgan fingerprint density at radius 3 is 3.00 bits per heavy atom. The zero-order valence-electron chi connectivity index (χ0n) is 9.64. The average Bonchev–Trinajstić information content (AvgIpc) is 2.76. The van der Waals surface area contributed by atoms with Crippen molar-refractivity contribution in [1.29, 1.82) is 0 Å². The minimum Gasteiger partial charge on any atom is -0.379 e. The molecule has 4 nitrogen and oxygen atoms in total. The number of rotatable bonds is 4. The Kier molecular flexibility index (Phi) is 3.19. The lowest BCUT2D eigenvalue weighted by atomic mass is 10.3. The predicted molar refractivity (Wildman–Crippen MR) is 64.2 cm³/mol. The molecule has 0 saturated heterocycles. The molecular formula is C12H16N4. The van der Waals surface area contributed by atoms with Crippen LogP contribution in [0.4, 0.5) is 5.69 Å². The SMILES string of the molecule is CCn1cc(CNc2cccnc2C)cn1. The number of anilines is 1. The van der Waals surface area contributed by atoms with Gasteiger partial charge in [-0.15, -0.1) is 0 Å². The van der Waals surface area contributed by atoms with Gasteiger partial charge >= 0.3 is 0 Å². The van der Waals surface area contributed by atoms with E-state index in [1.807, 2.05) is 29.9 Å². The molecule has 0 aromatic carbocycles. The summed E-state index contributed by atoms with van der Waals surface area (Å²) in [7, 11) is 0. The molecule has 84 valence electrons. The Bertz CT molecular complexity index is 462. The van der Waals surface area contributed by atoms with Gasteiger partial charge in [0.05, 0.1) is 17.6 Å². The summed E-state index contributed by atoms with van der Waals surface area (Å²) in [5.74, 6) is 0. The zero-order valence-corrected chi connectivity index (χ0v) is 9.64. The highest BCUT2D eigenvalue weighted by molar-refractivity contribution is 5.46. The second-order valence-corrected chi connectivity index (χ2v) is 3.69. The largest absolute Gasteiger partial charge is 0.379 e. The number of nitrogens with zero attached hydrogens (tertiary/aromatic N) is 3. The molecule has 0 amide bonds. The predicted octanol–water partition coefficient (Wildman–Crippen LogP) is 2.22. The van der Waals surface area contributed by atoms with Crippen molar-refractivity contribution in [2.75, 3.05) is 5.32 Å². The third-order valence-electron chi connectivity index (χ3n) is 2.50. The molecule has 0 aliphatic heterocycles. The number of hydrogen-bond acceptors (Lipinski definition) is 3. The first kappa shape index (κ1) is 10.7. The molecule has 16 heavy (non-hydrogen) atoms. The third-order valence-corrected chi connectivity index (χ3v) is 2.50. The molecule has 2 heterocycles. The third kappa shape index (κ3) is 2.39. The maximum absolute atomic E-state index is 4.23.